The van der Waals surface area contributed by atoms with Gasteiger partial charge in [0.15, 0.2) is 5.84 Å². The van der Waals surface area contributed by atoms with Crippen LogP contribution in [0.2, 0.25) is 5.02 Å². The number of carbonyl (C=O) groups excluding carboxylic acids is 1. The van der Waals surface area contributed by atoms with Gasteiger partial charge in [-0.15, -0.1) is 11.3 Å². The summed E-state index contributed by atoms with van der Waals surface area (Å²) in [6.45, 7) is 0.133. The zero-order valence-corrected chi connectivity index (χ0v) is 12.0. The molecule has 0 saturated heterocycles. The Bertz CT molecular complexity index is 483. The number of halogens is 1. The van der Waals surface area contributed by atoms with Gasteiger partial charge in [-0.1, -0.05) is 29.6 Å². The number of carbonyl (C=O) groups is 1. The van der Waals surface area contributed by atoms with E-state index in [-0.39, 0.29) is 24.3 Å². The summed E-state index contributed by atoms with van der Waals surface area (Å²) in [5.74, 6) is -0.105. The average Bonchev–Trinajstić information content (AvgIpc) is 3.05. The molecule has 1 aliphatic carbocycles. The summed E-state index contributed by atoms with van der Waals surface area (Å²) in [4.78, 5) is 14.7. The van der Waals surface area contributed by atoms with Crippen LogP contribution in [0, 0.1) is 0 Å². The van der Waals surface area contributed by atoms with Gasteiger partial charge in [0, 0.05) is 6.04 Å². The Kier molecular flexibility index (Phi) is 4.66. The minimum atomic E-state index is -0.140. The van der Waals surface area contributed by atoms with Crippen LogP contribution in [0.5, 0.6) is 0 Å². The standard InChI is InChI=1S/C12H16ClN3O2S/c13-9-5-6-19-11(9)12(17)16(7-10(14)15-18)8-3-1-2-4-8/h5-6,8,18H,1-4,7H2,(H2,14,15). The summed E-state index contributed by atoms with van der Waals surface area (Å²) in [5, 5.41) is 13.9. The molecule has 0 aliphatic heterocycles. The van der Waals surface area contributed by atoms with E-state index in [1.807, 2.05) is 0 Å². The van der Waals surface area contributed by atoms with E-state index in [9.17, 15) is 4.79 Å². The van der Waals surface area contributed by atoms with Gasteiger partial charge >= 0.3 is 0 Å². The normalized spacial score (nSPS) is 16.8. The molecule has 1 amide bonds. The van der Waals surface area contributed by atoms with Gasteiger partial charge in [0.05, 0.1) is 11.6 Å². The molecule has 2 rings (SSSR count). The van der Waals surface area contributed by atoms with Crippen LogP contribution in [-0.2, 0) is 0 Å². The molecular formula is C12H16ClN3O2S. The molecule has 1 fully saturated rings. The lowest BCUT2D eigenvalue weighted by Crippen LogP contribution is -2.44. The number of rotatable bonds is 4. The second-order valence-corrected chi connectivity index (χ2v) is 5.88. The van der Waals surface area contributed by atoms with Crippen molar-refractivity contribution >= 4 is 34.7 Å². The maximum atomic E-state index is 12.5. The third-order valence-corrected chi connectivity index (χ3v) is 4.63. The number of oxime groups is 1. The highest BCUT2D eigenvalue weighted by molar-refractivity contribution is 7.12. The first-order chi connectivity index (χ1) is 9.13. The average molecular weight is 302 g/mol. The lowest BCUT2D eigenvalue weighted by molar-refractivity contribution is 0.0717. The maximum absolute atomic E-state index is 12.5. The molecular weight excluding hydrogens is 286 g/mol. The summed E-state index contributed by atoms with van der Waals surface area (Å²) in [5.41, 5.74) is 5.55. The molecule has 0 bridgehead atoms. The number of nitrogens with zero attached hydrogens (tertiary/aromatic N) is 2. The van der Waals surface area contributed by atoms with Gasteiger partial charge < -0.3 is 15.8 Å². The van der Waals surface area contributed by atoms with E-state index in [4.69, 9.17) is 22.5 Å². The molecule has 0 unspecified atom stereocenters. The molecule has 104 valence electrons. The minimum absolute atomic E-state index is 0.0351. The summed E-state index contributed by atoms with van der Waals surface area (Å²) < 4.78 is 0. The van der Waals surface area contributed by atoms with Gasteiger partial charge in [-0.3, -0.25) is 4.79 Å². The molecule has 1 heterocycles. The van der Waals surface area contributed by atoms with Gasteiger partial charge in [-0.25, -0.2) is 0 Å². The molecule has 0 atom stereocenters. The van der Waals surface area contributed by atoms with E-state index < -0.39 is 0 Å². The SMILES string of the molecule is N/C(CN(C(=O)c1sccc1Cl)C1CCCC1)=N/O. The molecule has 0 radical (unpaired) electrons. The van der Waals surface area contributed by atoms with Gasteiger partial charge in [-0.05, 0) is 24.3 Å². The number of thiophene rings is 1. The molecule has 1 aliphatic rings. The summed E-state index contributed by atoms with van der Waals surface area (Å²) in [6, 6.07) is 1.85. The second-order valence-electron chi connectivity index (χ2n) is 4.56. The van der Waals surface area contributed by atoms with E-state index >= 15 is 0 Å². The van der Waals surface area contributed by atoms with Crippen LogP contribution < -0.4 is 5.73 Å². The van der Waals surface area contributed by atoms with Crippen molar-refractivity contribution in [3.63, 3.8) is 0 Å². The van der Waals surface area contributed by atoms with Crippen LogP contribution in [0.1, 0.15) is 35.4 Å². The molecule has 0 aromatic carbocycles. The van der Waals surface area contributed by atoms with Crippen molar-refractivity contribution in [2.45, 2.75) is 31.7 Å². The Hall–Kier alpha value is -1.27. The lowest BCUT2D eigenvalue weighted by Gasteiger charge is -2.28. The predicted molar refractivity (Wildman–Crippen MR) is 76.0 cm³/mol. The highest BCUT2D eigenvalue weighted by Crippen LogP contribution is 2.28. The Morgan fingerprint density at radius 1 is 1.58 bits per heavy atom. The molecule has 3 N–H and O–H groups in total. The van der Waals surface area contributed by atoms with Crippen molar-refractivity contribution in [3.8, 4) is 0 Å². The Labute approximate surface area is 120 Å². The zero-order valence-electron chi connectivity index (χ0n) is 10.4. The van der Waals surface area contributed by atoms with Crippen LogP contribution in [-0.4, -0.2) is 34.4 Å². The largest absolute Gasteiger partial charge is 0.409 e. The maximum Gasteiger partial charge on any atom is 0.266 e. The van der Waals surface area contributed by atoms with Crippen LogP contribution >= 0.6 is 22.9 Å². The van der Waals surface area contributed by atoms with Crippen molar-refractivity contribution in [3.05, 3.63) is 21.3 Å². The zero-order chi connectivity index (χ0) is 13.8. The van der Waals surface area contributed by atoms with Gasteiger partial charge in [0.1, 0.15) is 4.88 Å². The minimum Gasteiger partial charge on any atom is -0.409 e. The monoisotopic (exact) mass is 301 g/mol. The number of hydrogen-bond acceptors (Lipinski definition) is 4. The van der Waals surface area contributed by atoms with Gasteiger partial charge in [0.25, 0.3) is 5.91 Å². The van der Waals surface area contributed by atoms with E-state index in [1.54, 1.807) is 16.3 Å². The molecule has 1 aromatic heterocycles. The van der Waals surface area contributed by atoms with Crippen LogP contribution in [0.15, 0.2) is 16.6 Å². The highest BCUT2D eigenvalue weighted by Gasteiger charge is 2.29. The van der Waals surface area contributed by atoms with Crippen molar-refractivity contribution in [1.29, 1.82) is 0 Å². The summed E-state index contributed by atoms with van der Waals surface area (Å²) >= 11 is 7.32. The molecule has 5 nitrogen and oxygen atoms in total. The van der Waals surface area contributed by atoms with Crippen LogP contribution in [0.4, 0.5) is 0 Å². The van der Waals surface area contributed by atoms with E-state index in [0.717, 1.165) is 25.7 Å². The number of amides is 1. The molecule has 7 heteroatoms. The quantitative estimate of drug-likeness (QED) is 0.388. The van der Waals surface area contributed by atoms with E-state index in [2.05, 4.69) is 5.16 Å². The first kappa shape index (κ1) is 14.1. The fourth-order valence-electron chi connectivity index (χ4n) is 2.37. The third-order valence-electron chi connectivity index (χ3n) is 3.30. The Morgan fingerprint density at radius 3 is 2.79 bits per heavy atom. The number of nitrogens with two attached hydrogens (primary N) is 1. The number of hydrogen-bond donors (Lipinski definition) is 2. The van der Waals surface area contributed by atoms with E-state index in [1.165, 1.54) is 11.3 Å². The highest BCUT2D eigenvalue weighted by atomic mass is 35.5. The first-order valence-electron chi connectivity index (χ1n) is 6.14. The van der Waals surface area contributed by atoms with E-state index in [0.29, 0.717) is 9.90 Å². The number of amidine groups is 1. The van der Waals surface area contributed by atoms with Crippen molar-refractivity contribution in [2.24, 2.45) is 10.9 Å². The van der Waals surface area contributed by atoms with Crippen molar-refractivity contribution in [1.82, 2.24) is 4.90 Å². The van der Waals surface area contributed by atoms with Gasteiger partial charge in [0.2, 0.25) is 0 Å². The predicted octanol–water partition coefficient (Wildman–Crippen LogP) is 2.53. The first-order valence-corrected chi connectivity index (χ1v) is 7.39. The fraction of sp³-hybridized carbons (Fsp3) is 0.500. The van der Waals surface area contributed by atoms with Crippen molar-refractivity contribution in [2.75, 3.05) is 6.54 Å². The van der Waals surface area contributed by atoms with Crippen LogP contribution in [0.3, 0.4) is 0 Å². The smallest absolute Gasteiger partial charge is 0.266 e. The summed E-state index contributed by atoms with van der Waals surface area (Å²) in [7, 11) is 0. The Morgan fingerprint density at radius 2 is 2.26 bits per heavy atom. The lowest BCUT2D eigenvalue weighted by atomic mass is 10.2. The summed E-state index contributed by atoms with van der Waals surface area (Å²) in [6.07, 6.45) is 4.10. The Balaban J connectivity index is 2.21. The molecule has 0 spiro atoms. The topological polar surface area (TPSA) is 78.9 Å². The third kappa shape index (κ3) is 3.19. The molecule has 1 saturated carbocycles. The molecule has 19 heavy (non-hydrogen) atoms. The van der Waals surface area contributed by atoms with Gasteiger partial charge in [-0.2, -0.15) is 0 Å². The molecule has 1 aromatic rings. The second kappa shape index (κ2) is 6.25. The van der Waals surface area contributed by atoms with Crippen LogP contribution in [0.25, 0.3) is 0 Å². The fourth-order valence-corrected chi connectivity index (χ4v) is 3.46. The van der Waals surface area contributed by atoms with Crippen molar-refractivity contribution < 1.29 is 10.0 Å².